The third kappa shape index (κ3) is 4.13. The van der Waals surface area contributed by atoms with Crippen LogP contribution in [0.5, 0.6) is 0 Å². The van der Waals surface area contributed by atoms with Crippen molar-refractivity contribution in [3.05, 3.63) is 29.8 Å². The van der Waals surface area contributed by atoms with E-state index in [4.69, 9.17) is 5.73 Å². The van der Waals surface area contributed by atoms with Gasteiger partial charge < -0.3 is 11.1 Å². The number of carbonyl (C=O) groups excluding carboxylic acids is 1. The van der Waals surface area contributed by atoms with Crippen LogP contribution in [0, 0.1) is 5.92 Å². The Morgan fingerprint density at radius 2 is 2.20 bits per heavy atom. The molecule has 0 radical (unpaired) electrons. The first kappa shape index (κ1) is 11.7. The zero-order valence-corrected chi connectivity index (χ0v) is 9.29. The van der Waals surface area contributed by atoms with E-state index in [0.29, 0.717) is 18.9 Å². The van der Waals surface area contributed by atoms with Crippen molar-refractivity contribution < 1.29 is 4.79 Å². The maximum absolute atomic E-state index is 11.5. The van der Waals surface area contributed by atoms with Crippen LogP contribution in [0.15, 0.2) is 24.3 Å². The van der Waals surface area contributed by atoms with Crippen LogP contribution >= 0.6 is 0 Å². The van der Waals surface area contributed by atoms with Gasteiger partial charge in [0.15, 0.2) is 0 Å². The molecule has 0 aromatic heterocycles. The first-order valence-corrected chi connectivity index (χ1v) is 5.20. The molecule has 3 heteroatoms. The molecule has 3 nitrogen and oxygen atoms in total. The van der Waals surface area contributed by atoms with Crippen LogP contribution in [0.4, 0.5) is 5.69 Å². The first-order chi connectivity index (χ1) is 7.11. The Balaban J connectivity index is 2.60. The van der Waals surface area contributed by atoms with Crippen molar-refractivity contribution in [3.63, 3.8) is 0 Å². The fraction of sp³-hybridized carbons (Fsp3) is 0.417. The average molecular weight is 206 g/mol. The van der Waals surface area contributed by atoms with Gasteiger partial charge in [0.05, 0.1) is 0 Å². The Hall–Kier alpha value is -1.35. The molecule has 1 amide bonds. The van der Waals surface area contributed by atoms with E-state index in [1.165, 1.54) is 0 Å². The molecular formula is C12H18N2O. The molecule has 15 heavy (non-hydrogen) atoms. The second kappa shape index (κ2) is 5.51. The van der Waals surface area contributed by atoms with Gasteiger partial charge in [0.25, 0.3) is 0 Å². The van der Waals surface area contributed by atoms with Crippen LogP contribution in [0.2, 0.25) is 0 Å². The number of nitrogens with two attached hydrogens (primary N) is 1. The summed E-state index contributed by atoms with van der Waals surface area (Å²) in [6.07, 6.45) is 0.548. The minimum atomic E-state index is 0.0548. The molecule has 3 N–H and O–H groups in total. The Labute approximate surface area is 90.7 Å². The summed E-state index contributed by atoms with van der Waals surface area (Å²) in [5.41, 5.74) is 7.37. The number of rotatable bonds is 4. The minimum absolute atomic E-state index is 0.0548. The highest BCUT2D eigenvalue weighted by Gasteiger charge is 2.04. The molecule has 0 bridgehead atoms. The quantitative estimate of drug-likeness (QED) is 0.793. The summed E-state index contributed by atoms with van der Waals surface area (Å²) in [6, 6.07) is 7.61. The number of hydrogen-bond acceptors (Lipinski definition) is 2. The lowest BCUT2D eigenvalue weighted by molar-refractivity contribution is -0.116. The number of hydrogen-bond donors (Lipinski definition) is 2. The number of benzene rings is 1. The number of nitrogens with one attached hydrogen (secondary N) is 1. The van der Waals surface area contributed by atoms with Crippen LogP contribution in [0.25, 0.3) is 0 Å². The monoisotopic (exact) mass is 206 g/mol. The smallest absolute Gasteiger partial charge is 0.224 e. The third-order valence-corrected chi connectivity index (χ3v) is 2.04. The van der Waals surface area contributed by atoms with Crippen molar-refractivity contribution >= 4 is 11.6 Å². The molecule has 82 valence electrons. The second-order valence-corrected chi connectivity index (χ2v) is 4.05. The summed E-state index contributed by atoms with van der Waals surface area (Å²) < 4.78 is 0. The van der Waals surface area contributed by atoms with E-state index in [2.05, 4.69) is 5.32 Å². The van der Waals surface area contributed by atoms with Crippen molar-refractivity contribution in [1.82, 2.24) is 0 Å². The number of anilines is 1. The second-order valence-electron chi connectivity index (χ2n) is 4.05. The molecule has 0 spiro atoms. The topological polar surface area (TPSA) is 55.1 Å². The summed E-state index contributed by atoms with van der Waals surface area (Å²) >= 11 is 0. The summed E-state index contributed by atoms with van der Waals surface area (Å²) in [6.45, 7) is 4.54. The van der Waals surface area contributed by atoms with Crippen LogP contribution in [-0.4, -0.2) is 5.91 Å². The molecular weight excluding hydrogens is 188 g/mol. The van der Waals surface area contributed by atoms with Crippen molar-refractivity contribution in [2.75, 3.05) is 5.32 Å². The van der Waals surface area contributed by atoms with Crippen molar-refractivity contribution in [2.24, 2.45) is 11.7 Å². The lowest BCUT2D eigenvalue weighted by Crippen LogP contribution is -2.14. The highest BCUT2D eigenvalue weighted by Crippen LogP contribution is 2.11. The van der Waals surface area contributed by atoms with Crippen molar-refractivity contribution in [1.29, 1.82) is 0 Å². The predicted molar refractivity (Wildman–Crippen MR) is 62.4 cm³/mol. The zero-order chi connectivity index (χ0) is 11.3. The molecule has 0 unspecified atom stereocenters. The molecule has 0 aliphatic heterocycles. The van der Waals surface area contributed by atoms with Gasteiger partial charge in [-0.15, -0.1) is 0 Å². The average Bonchev–Trinajstić information content (AvgIpc) is 2.16. The lowest BCUT2D eigenvalue weighted by Gasteiger charge is -2.08. The lowest BCUT2D eigenvalue weighted by atomic mass is 10.1. The summed E-state index contributed by atoms with van der Waals surface area (Å²) in [5, 5.41) is 2.85. The van der Waals surface area contributed by atoms with E-state index in [1.807, 2.05) is 38.1 Å². The number of amides is 1. The fourth-order valence-electron chi connectivity index (χ4n) is 1.36. The molecule has 0 fully saturated rings. The van der Waals surface area contributed by atoms with Gasteiger partial charge in [0.2, 0.25) is 5.91 Å². The summed E-state index contributed by atoms with van der Waals surface area (Å²) in [7, 11) is 0. The van der Waals surface area contributed by atoms with Crippen LogP contribution in [-0.2, 0) is 11.3 Å². The van der Waals surface area contributed by atoms with Crippen molar-refractivity contribution in [2.45, 2.75) is 26.8 Å². The molecule has 0 saturated carbocycles. The van der Waals surface area contributed by atoms with Crippen molar-refractivity contribution in [3.8, 4) is 0 Å². The highest BCUT2D eigenvalue weighted by atomic mass is 16.1. The minimum Gasteiger partial charge on any atom is -0.326 e. The Bertz CT molecular complexity index is 334. The van der Waals surface area contributed by atoms with Gasteiger partial charge in [-0.3, -0.25) is 4.79 Å². The van der Waals surface area contributed by atoms with Gasteiger partial charge in [-0.1, -0.05) is 26.0 Å². The van der Waals surface area contributed by atoms with Gasteiger partial charge in [-0.25, -0.2) is 0 Å². The standard InChI is InChI=1S/C12H18N2O/c1-9(2)6-12(15)14-11-5-3-4-10(7-11)8-13/h3-5,7,9H,6,8,13H2,1-2H3,(H,14,15). The Morgan fingerprint density at radius 3 is 2.80 bits per heavy atom. The normalized spacial score (nSPS) is 10.4. The van der Waals surface area contributed by atoms with Gasteiger partial charge >= 0.3 is 0 Å². The molecule has 0 aliphatic carbocycles. The number of carbonyl (C=O) groups is 1. The molecule has 0 heterocycles. The highest BCUT2D eigenvalue weighted by molar-refractivity contribution is 5.90. The summed E-state index contributed by atoms with van der Waals surface area (Å²) in [5.74, 6) is 0.432. The van der Waals surface area contributed by atoms with Gasteiger partial charge in [-0.2, -0.15) is 0 Å². The Morgan fingerprint density at radius 1 is 1.47 bits per heavy atom. The molecule has 1 aromatic rings. The van der Waals surface area contributed by atoms with Gasteiger partial charge in [-0.05, 0) is 23.6 Å². The molecule has 1 rings (SSSR count). The van der Waals surface area contributed by atoms with Gasteiger partial charge in [0.1, 0.15) is 0 Å². The van der Waals surface area contributed by atoms with Crippen LogP contribution < -0.4 is 11.1 Å². The maximum Gasteiger partial charge on any atom is 0.224 e. The van der Waals surface area contributed by atoms with E-state index in [1.54, 1.807) is 0 Å². The molecule has 1 aromatic carbocycles. The first-order valence-electron chi connectivity index (χ1n) is 5.20. The SMILES string of the molecule is CC(C)CC(=O)Nc1cccc(CN)c1. The van der Waals surface area contributed by atoms with E-state index in [9.17, 15) is 4.79 Å². The maximum atomic E-state index is 11.5. The van der Waals surface area contributed by atoms with Crippen LogP contribution in [0.3, 0.4) is 0 Å². The van der Waals surface area contributed by atoms with Gasteiger partial charge in [0, 0.05) is 18.7 Å². The van der Waals surface area contributed by atoms with Crippen LogP contribution in [0.1, 0.15) is 25.8 Å². The molecule has 0 saturated heterocycles. The Kier molecular flexibility index (Phi) is 4.31. The summed E-state index contributed by atoms with van der Waals surface area (Å²) in [4.78, 5) is 11.5. The largest absolute Gasteiger partial charge is 0.326 e. The third-order valence-electron chi connectivity index (χ3n) is 2.04. The zero-order valence-electron chi connectivity index (χ0n) is 9.29. The van der Waals surface area contributed by atoms with E-state index in [0.717, 1.165) is 11.3 Å². The van der Waals surface area contributed by atoms with E-state index in [-0.39, 0.29) is 5.91 Å². The predicted octanol–water partition coefficient (Wildman–Crippen LogP) is 2.13. The fourth-order valence-corrected chi connectivity index (χ4v) is 1.36. The van der Waals surface area contributed by atoms with E-state index < -0.39 is 0 Å². The molecule has 0 atom stereocenters. The molecule has 0 aliphatic rings. The van der Waals surface area contributed by atoms with E-state index >= 15 is 0 Å².